The Labute approximate surface area is 176 Å². The molecule has 1 amide bonds. The summed E-state index contributed by atoms with van der Waals surface area (Å²) in [4.78, 5) is 23.5. The molecular weight excluding hydrogens is 419 g/mol. The zero-order valence-corrected chi connectivity index (χ0v) is 19.0. The van der Waals surface area contributed by atoms with Gasteiger partial charge in [-0.3, -0.25) is 14.7 Å². The standard InChI is InChI=1S/C18H35N2O9P/c1-6-7-13(21)19-14-16(23)15(22)12(29-18(14)25)8-27-9-30(5,26)20-11(4)17(24)28-10(2)3/h10-12,14-16,18,22-23,25H,6-9H2,1-5H3,(H,19,21)(H,20,26)/t11-,12+,14+,15+,16+,18?,30?/m0/s1. The molecule has 0 bridgehead atoms. The first-order valence-corrected chi connectivity index (χ1v) is 12.3. The van der Waals surface area contributed by atoms with Crippen molar-refractivity contribution in [1.82, 2.24) is 10.4 Å². The Kier molecular flexibility index (Phi) is 10.9. The number of ether oxygens (including phenoxy) is 3. The van der Waals surface area contributed by atoms with Crippen LogP contribution in [-0.2, 0) is 28.4 Å². The van der Waals surface area contributed by atoms with Crippen LogP contribution in [0.5, 0.6) is 0 Å². The minimum Gasteiger partial charge on any atom is -0.462 e. The lowest BCUT2D eigenvalue weighted by molar-refractivity contribution is -0.255. The molecule has 1 aliphatic rings. The average molecular weight is 454 g/mol. The predicted octanol–water partition coefficient (Wildman–Crippen LogP) is -0.478. The molecule has 0 aromatic rings. The fraction of sp³-hybridized carbons (Fsp3) is 0.889. The maximum Gasteiger partial charge on any atom is 0.323 e. The molecule has 1 heterocycles. The molecule has 7 atom stereocenters. The lowest BCUT2D eigenvalue weighted by Crippen LogP contribution is -2.64. The Bertz CT molecular complexity index is 618. The molecule has 2 unspecified atom stereocenters. The Morgan fingerprint density at radius 1 is 1.17 bits per heavy atom. The third-order valence-corrected chi connectivity index (χ3v) is 5.93. The highest BCUT2D eigenvalue weighted by molar-refractivity contribution is 7.60. The molecule has 0 aliphatic carbocycles. The van der Waals surface area contributed by atoms with E-state index in [9.17, 15) is 29.5 Å². The maximum atomic E-state index is 12.6. The number of amides is 1. The minimum absolute atomic E-state index is 0.209. The summed E-state index contributed by atoms with van der Waals surface area (Å²) in [5.41, 5.74) is 0. The Hall–Kier alpha value is -1.07. The zero-order chi connectivity index (χ0) is 23.1. The molecule has 1 aliphatic heterocycles. The summed E-state index contributed by atoms with van der Waals surface area (Å²) in [7, 11) is -3.09. The summed E-state index contributed by atoms with van der Waals surface area (Å²) >= 11 is 0. The van der Waals surface area contributed by atoms with Gasteiger partial charge in [0.05, 0.1) is 12.7 Å². The number of hydrogen-bond donors (Lipinski definition) is 5. The van der Waals surface area contributed by atoms with Gasteiger partial charge in [-0.2, -0.15) is 0 Å². The van der Waals surface area contributed by atoms with E-state index in [1.165, 1.54) is 13.6 Å². The predicted molar refractivity (Wildman–Crippen MR) is 108 cm³/mol. The Balaban J connectivity index is 2.53. The second-order valence-corrected chi connectivity index (χ2v) is 10.5. The number of carbonyl (C=O) groups excluding carboxylic acids is 2. The lowest BCUT2D eigenvalue weighted by atomic mass is 9.97. The van der Waals surface area contributed by atoms with E-state index in [0.717, 1.165) is 0 Å². The van der Waals surface area contributed by atoms with Crippen molar-refractivity contribution in [3.05, 3.63) is 0 Å². The van der Waals surface area contributed by atoms with Crippen molar-refractivity contribution in [3.63, 3.8) is 0 Å². The van der Waals surface area contributed by atoms with E-state index in [1.54, 1.807) is 20.8 Å². The van der Waals surface area contributed by atoms with Crippen LogP contribution in [0.2, 0.25) is 0 Å². The molecule has 0 radical (unpaired) electrons. The van der Waals surface area contributed by atoms with Gasteiger partial charge in [0, 0.05) is 13.1 Å². The molecule has 0 spiro atoms. The second kappa shape index (κ2) is 12.1. The fourth-order valence-electron chi connectivity index (χ4n) is 2.90. The third kappa shape index (κ3) is 8.58. The summed E-state index contributed by atoms with van der Waals surface area (Å²) in [5, 5.41) is 35.6. The Morgan fingerprint density at radius 2 is 1.80 bits per heavy atom. The van der Waals surface area contributed by atoms with Gasteiger partial charge >= 0.3 is 5.97 Å². The quantitative estimate of drug-likeness (QED) is 0.203. The van der Waals surface area contributed by atoms with E-state index in [1.807, 2.05) is 0 Å². The van der Waals surface area contributed by atoms with Crippen molar-refractivity contribution in [2.24, 2.45) is 0 Å². The average Bonchev–Trinajstić information content (AvgIpc) is 2.62. The molecule has 1 saturated heterocycles. The molecule has 12 heteroatoms. The maximum absolute atomic E-state index is 12.6. The number of esters is 1. The Morgan fingerprint density at radius 3 is 2.37 bits per heavy atom. The second-order valence-electron chi connectivity index (χ2n) is 7.83. The van der Waals surface area contributed by atoms with Crippen LogP contribution in [0.3, 0.4) is 0 Å². The molecule has 1 rings (SSSR count). The first-order chi connectivity index (χ1) is 13.9. The summed E-state index contributed by atoms with van der Waals surface area (Å²) in [5.74, 6) is -0.922. The highest BCUT2D eigenvalue weighted by Gasteiger charge is 2.44. The van der Waals surface area contributed by atoms with Gasteiger partial charge in [0.25, 0.3) is 0 Å². The molecule has 5 N–H and O–H groups in total. The van der Waals surface area contributed by atoms with Crippen molar-refractivity contribution >= 4 is 19.2 Å². The highest BCUT2D eigenvalue weighted by Crippen LogP contribution is 2.37. The van der Waals surface area contributed by atoms with Gasteiger partial charge in [-0.1, -0.05) is 6.92 Å². The van der Waals surface area contributed by atoms with Crippen molar-refractivity contribution in [2.75, 3.05) is 19.6 Å². The monoisotopic (exact) mass is 454 g/mol. The van der Waals surface area contributed by atoms with E-state index in [4.69, 9.17) is 14.2 Å². The molecule has 0 saturated carbocycles. The summed E-state index contributed by atoms with van der Waals surface area (Å²) in [6, 6.07) is -1.98. The zero-order valence-electron chi connectivity index (χ0n) is 18.1. The normalized spacial score (nSPS) is 29.8. The van der Waals surface area contributed by atoms with E-state index < -0.39 is 49.9 Å². The minimum atomic E-state index is -3.09. The molecule has 0 aromatic carbocycles. The van der Waals surface area contributed by atoms with E-state index in [2.05, 4.69) is 10.4 Å². The van der Waals surface area contributed by atoms with Crippen molar-refractivity contribution in [2.45, 2.75) is 83.3 Å². The van der Waals surface area contributed by atoms with Crippen LogP contribution in [0.1, 0.15) is 40.5 Å². The van der Waals surface area contributed by atoms with Gasteiger partial charge in [0.2, 0.25) is 5.91 Å². The molecule has 30 heavy (non-hydrogen) atoms. The van der Waals surface area contributed by atoms with Gasteiger partial charge in [-0.25, -0.2) is 0 Å². The van der Waals surface area contributed by atoms with Gasteiger partial charge in [-0.05, 0) is 27.2 Å². The van der Waals surface area contributed by atoms with Crippen LogP contribution in [0.15, 0.2) is 0 Å². The van der Waals surface area contributed by atoms with Gasteiger partial charge in [0.1, 0.15) is 36.7 Å². The topological polar surface area (TPSA) is 164 Å². The number of aliphatic hydroxyl groups is 3. The number of hydrogen-bond acceptors (Lipinski definition) is 9. The van der Waals surface area contributed by atoms with E-state index in [0.29, 0.717) is 6.42 Å². The smallest absolute Gasteiger partial charge is 0.323 e. The third-order valence-electron chi connectivity index (χ3n) is 4.32. The molecule has 11 nitrogen and oxygen atoms in total. The first kappa shape index (κ1) is 27.0. The van der Waals surface area contributed by atoms with Gasteiger partial charge < -0.3 is 39.4 Å². The van der Waals surface area contributed by atoms with Crippen LogP contribution in [-0.4, -0.2) is 89.6 Å². The van der Waals surface area contributed by atoms with Crippen molar-refractivity contribution in [3.8, 4) is 0 Å². The van der Waals surface area contributed by atoms with Gasteiger partial charge in [-0.15, -0.1) is 0 Å². The van der Waals surface area contributed by atoms with Crippen molar-refractivity contribution < 1.29 is 43.7 Å². The van der Waals surface area contributed by atoms with E-state index >= 15 is 0 Å². The number of nitrogens with one attached hydrogen (secondary N) is 2. The molecule has 0 aromatic heterocycles. The lowest BCUT2D eigenvalue weighted by Gasteiger charge is -2.40. The van der Waals surface area contributed by atoms with Crippen LogP contribution >= 0.6 is 7.29 Å². The van der Waals surface area contributed by atoms with Crippen LogP contribution in [0.4, 0.5) is 0 Å². The van der Waals surface area contributed by atoms with Gasteiger partial charge in [0.15, 0.2) is 13.6 Å². The molecule has 1 fully saturated rings. The largest absolute Gasteiger partial charge is 0.462 e. The SMILES string of the molecule is CCCC(=O)N[C@H]1C(O)O[C@H](COCP(C)(=O)N[C@@H](C)C(=O)OC(C)C)[C@@H](O)[C@@H]1O. The highest BCUT2D eigenvalue weighted by atomic mass is 31.2. The number of carbonyl (C=O) groups is 2. The molecular formula is C18H35N2O9P. The summed E-state index contributed by atoms with van der Waals surface area (Å²) in [6.07, 6.45) is -5.34. The number of aliphatic hydroxyl groups excluding tert-OH is 3. The van der Waals surface area contributed by atoms with E-state index in [-0.39, 0.29) is 31.4 Å². The number of rotatable bonds is 11. The van der Waals surface area contributed by atoms with Crippen LogP contribution < -0.4 is 10.4 Å². The first-order valence-electron chi connectivity index (χ1n) is 9.99. The van der Waals surface area contributed by atoms with Crippen LogP contribution in [0.25, 0.3) is 0 Å². The summed E-state index contributed by atoms with van der Waals surface area (Å²) in [6.45, 7) is 7.87. The summed E-state index contributed by atoms with van der Waals surface area (Å²) < 4.78 is 28.3. The van der Waals surface area contributed by atoms with Crippen molar-refractivity contribution in [1.29, 1.82) is 0 Å². The fourth-order valence-corrected chi connectivity index (χ4v) is 4.35. The van der Waals surface area contributed by atoms with Crippen LogP contribution in [0, 0.1) is 0 Å². The molecule has 176 valence electrons.